The summed E-state index contributed by atoms with van der Waals surface area (Å²) in [6.45, 7) is 11.9. The number of nitrogens with one attached hydrogen (secondary N) is 4. The van der Waals surface area contributed by atoms with Crippen LogP contribution in [0.1, 0.15) is 78.5 Å². The number of phenols is 1. The summed E-state index contributed by atoms with van der Waals surface area (Å²) in [6, 6.07) is 14.8. The molecule has 0 spiro atoms. The Hall–Kier alpha value is -6.65. The number of nitrogens with two attached hydrogens (primary N) is 2. The molecule has 5 rings (SSSR count). The van der Waals surface area contributed by atoms with Crippen molar-refractivity contribution in [2.75, 3.05) is 40.3 Å². The maximum Gasteiger partial charge on any atom is 0.254 e. The van der Waals surface area contributed by atoms with Crippen LogP contribution in [-0.4, -0.2) is 109 Å². The van der Waals surface area contributed by atoms with E-state index < -0.39 is 53.7 Å². The van der Waals surface area contributed by atoms with E-state index in [1.165, 1.54) is 36.7 Å². The average molecular weight is 876 g/mol. The summed E-state index contributed by atoms with van der Waals surface area (Å²) in [7, 11) is 2.99. The maximum atomic E-state index is 14.6. The lowest BCUT2D eigenvalue weighted by Crippen LogP contribution is -2.56. The van der Waals surface area contributed by atoms with Gasteiger partial charge in [-0.25, -0.2) is 0 Å². The standard InChI is InChI=1S/C48H61N9O7/c1-27-23-37(31-10-13-33(14-11-31)48(4,5)6)53-28(2)41(27)45(61)55-36(17-18-49)47(63)57(8)42-32-12-16-40(64-22-19-50)35(26-32)34-24-30(9-15-39(34)58)25-38(44(60)52-21-20-51-7)56-43(59)29(3)54-46(42)62/h9-16,20,23-24,26,29,36,38,42,58H,17-19,21-22,25,49-50H2,1-8H3,(H,52,60)(H,54,62)(H,55,61)(H,56,59)/t29-,36-,38-,42-/m0/s1. The van der Waals surface area contributed by atoms with Gasteiger partial charge in [0.25, 0.3) is 5.91 Å². The second kappa shape index (κ2) is 21.1. The summed E-state index contributed by atoms with van der Waals surface area (Å²) in [6.07, 6.45) is 1.56. The van der Waals surface area contributed by atoms with Crippen LogP contribution in [0.3, 0.4) is 0 Å². The predicted octanol–water partition coefficient (Wildman–Crippen LogP) is 3.38. The lowest BCUT2D eigenvalue weighted by Gasteiger charge is -2.32. The van der Waals surface area contributed by atoms with Gasteiger partial charge in [-0.15, -0.1) is 0 Å². The SMILES string of the molecule is CN=CCNC(=O)[C@@H]1Cc2ccc(O)c(c2)-c2cc(ccc2OCCN)[C@H](N(C)C(=O)[C@H](CCN)NC(=O)c2c(C)cc(-c3ccc(C(C)(C)C)cc3)nc2C)C(=O)N[C@@H](C)C(=O)N1. The van der Waals surface area contributed by atoms with Crippen LogP contribution in [0.15, 0.2) is 71.7 Å². The van der Waals surface area contributed by atoms with Gasteiger partial charge in [0.15, 0.2) is 0 Å². The Kier molecular flexibility index (Phi) is 16.0. The number of carbonyl (C=O) groups is 5. The highest BCUT2D eigenvalue weighted by Crippen LogP contribution is 2.39. The lowest BCUT2D eigenvalue weighted by atomic mass is 9.86. The highest BCUT2D eigenvalue weighted by Gasteiger charge is 2.36. The average Bonchev–Trinajstić information content (AvgIpc) is 3.25. The quantitative estimate of drug-likeness (QED) is 0.0966. The van der Waals surface area contributed by atoms with Gasteiger partial charge in [0.1, 0.15) is 42.3 Å². The third-order valence-corrected chi connectivity index (χ3v) is 11.1. The zero-order valence-corrected chi connectivity index (χ0v) is 37.9. The highest BCUT2D eigenvalue weighted by atomic mass is 16.5. The summed E-state index contributed by atoms with van der Waals surface area (Å²) in [5, 5.41) is 22.3. The van der Waals surface area contributed by atoms with Gasteiger partial charge in [-0.1, -0.05) is 57.2 Å². The number of aryl methyl sites for hydroxylation is 2. The van der Waals surface area contributed by atoms with Gasteiger partial charge in [-0.3, -0.25) is 33.9 Å². The Morgan fingerprint density at radius 3 is 2.34 bits per heavy atom. The molecule has 1 aliphatic rings. The fraction of sp³-hybridized carbons (Fsp3) is 0.396. The van der Waals surface area contributed by atoms with Crippen molar-refractivity contribution in [2.45, 2.75) is 84.0 Å². The van der Waals surface area contributed by atoms with E-state index in [0.717, 1.165) is 5.56 Å². The number of likely N-dealkylation sites (N-methyl/N-ethyl adjacent to an activating group) is 1. The normalized spacial score (nSPS) is 17.1. The molecule has 0 unspecified atom stereocenters. The summed E-state index contributed by atoms with van der Waals surface area (Å²) in [5.74, 6) is -2.88. The Morgan fingerprint density at radius 2 is 1.70 bits per heavy atom. The molecule has 3 aromatic carbocycles. The second-order valence-electron chi connectivity index (χ2n) is 17.0. The molecule has 4 aromatic rings. The van der Waals surface area contributed by atoms with Gasteiger partial charge in [0.2, 0.25) is 23.6 Å². The first kappa shape index (κ1) is 48.4. The van der Waals surface area contributed by atoms with Crippen molar-refractivity contribution in [3.8, 4) is 33.9 Å². The summed E-state index contributed by atoms with van der Waals surface area (Å²) in [5.41, 5.74) is 17.5. The number of carbonyl (C=O) groups excluding carboxylic acids is 5. The third kappa shape index (κ3) is 11.5. The molecular formula is C48H61N9O7. The van der Waals surface area contributed by atoms with Crippen molar-refractivity contribution in [3.05, 3.63) is 100 Å². The number of ether oxygens (including phenoxy) is 1. The number of aromatic hydroxyl groups is 1. The van der Waals surface area contributed by atoms with Crippen LogP contribution < -0.4 is 37.5 Å². The van der Waals surface area contributed by atoms with E-state index in [0.29, 0.717) is 50.5 Å². The topological polar surface area (TPSA) is 243 Å². The van der Waals surface area contributed by atoms with E-state index in [2.05, 4.69) is 59.2 Å². The molecule has 340 valence electrons. The zero-order chi connectivity index (χ0) is 46.9. The van der Waals surface area contributed by atoms with Crippen molar-refractivity contribution in [1.29, 1.82) is 0 Å². The molecule has 16 heteroatoms. The molecule has 0 fully saturated rings. The Bertz CT molecular complexity index is 2370. The van der Waals surface area contributed by atoms with Crippen molar-refractivity contribution >= 4 is 35.8 Å². The van der Waals surface area contributed by atoms with E-state index >= 15 is 0 Å². The fourth-order valence-electron chi connectivity index (χ4n) is 7.65. The summed E-state index contributed by atoms with van der Waals surface area (Å²) in [4.78, 5) is 80.2. The van der Waals surface area contributed by atoms with Crippen molar-refractivity contribution in [3.63, 3.8) is 0 Å². The molecule has 5 amide bonds. The van der Waals surface area contributed by atoms with E-state index in [9.17, 15) is 29.1 Å². The number of pyridine rings is 1. The van der Waals surface area contributed by atoms with Gasteiger partial charge in [0, 0.05) is 50.0 Å². The molecule has 4 atom stereocenters. The third-order valence-electron chi connectivity index (χ3n) is 11.1. The number of amides is 5. The number of fused-ring (bicyclic) bond motifs is 5. The number of hydrogen-bond donors (Lipinski definition) is 7. The van der Waals surface area contributed by atoms with Crippen molar-refractivity contribution in [2.24, 2.45) is 16.5 Å². The van der Waals surface area contributed by atoms with Gasteiger partial charge in [0.05, 0.1) is 23.5 Å². The molecule has 64 heavy (non-hydrogen) atoms. The largest absolute Gasteiger partial charge is 0.507 e. The molecule has 0 radical (unpaired) electrons. The van der Waals surface area contributed by atoms with E-state index in [1.54, 1.807) is 51.2 Å². The molecule has 0 aliphatic carbocycles. The number of rotatable bonds is 13. The number of aliphatic imine (C=N–C) groups is 1. The van der Waals surface area contributed by atoms with Gasteiger partial charge in [-0.05, 0) is 91.7 Å². The number of phenolic OH excluding ortho intramolecular Hbond substituents is 1. The highest BCUT2D eigenvalue weighted by molar-refractivity contribution is 6.01. The predicted molar refractivity (Wildman–Crippen MR) is 247 cm³/mol. The smallest absolute Gasteiger partial charge is 0.254 e. The molecule has 9 N–H and O–H groups in total. The monoisotopic (exact) mass is 875 g/mol. The van der Waals surface area contributed by atoms with Crippen LogP contribution in [0, 0.1) is 13.8 Å². The van der Waals surface area contributed by atoms with Crippen LogP contribution in [0.5, 0.6) is 11.5 Å². The Labute approximate surface area is 374 Å². The number of hydrogen-bond acceptors (Lipinski definition) is 11. The maximum absolute atomic E-state index is 14.6. The van der Waals surface area contributed by atoms with Gasteiger partial charge >= 0.3 is 0 Å². The van der Waals surface area contributed by atoms with Gasteiger partial charge in [-0.2, -0.15) is 0 Å². The molecule has 1 aromatic heterocycles. The van der Waals surface area contributed by atoms with Crippen LogP contribution in [-0.2, 0) is 31.0 Å². The molecule has 2 heterocycles. The second-order valence-corrected chi connectivity index (χ2v) is 17.0. The Morgan fingerprint density at radius 1 is 0.984 bits per heavy atom. The minimum atomic E-state index is -1.39. The van der Waals surface area contributed by atoms with Crippen LogP contribution >= 0.6 is 0 Å². The van der Waals surface area contributed by atoms with Crippen LogP contribution in [0.25, 0.3) is 22.4 Å². The molecule has 4 bridgehead atoms. The van der Waals surface area contributed by atoms with Crippen LogP contribution in [0.4, 0.5) is 0 Å². The Balaban J connectivity index is 1.53. The first-order valence-corrected chi connectivity index (χ1v) is 21.3. The van der Waals surface area contributed by atoms with E-state index in [4.69, 9.17) is 21.2 Å². The van der Waals surface area contributed by atoms with Crippen LogP contribution in [0.2, 0.25) is 0 Å². The van der Waals surface area contributed by atoms with E-state index in [1.807, 2.05) is 18.2 Å². The van der Waals surface area contributed by atoms with E-state index in [-0.39, 0.29) is 50.2 Å². The molecule has 1 aliphatic heterocycles. The fourth-order valence-corrected chi connectivity index (χ4v) is 7.65. The summed E-state index contributed by atoms with van der Waals surface area (Å²) >= 11 is 0. The van der Waals surface area contributed by atoms with Gasteiger partial charge < -0.3 is 47.5 Å². The molecule has 16 nitrogen and oxygen atoms in total. The first-order chi connectivity index (χ1) is 30.4. The number of aromatic nitrogens is 1. The molecular weight excluding hydrogens is 815 g/mol. The van der Waals surface area contributed by atoms with Crippen molar-refractivity contribution < 1.29 is 33.8 Å². The minimum Gasteiger partial charge on any atom is -0.507 e. The van der Waals surface area contributed by atoms with Crippen molar-refractivity contribution in [1.82, 2.24) is 31.2 Å². The zero-order valence-electron chi connectivity index (χ0n) is 37.9. The molecule has 0 saturated heterocycles. The summed E-state index contributed by atoms with van der Waals surface area (Å²) < 4.78 is 6.01. The number of nitrogens with zero attached hydrogens (tertiary/aromatic N) is 3. The minimum absolute atomic E-state index is 0.0191. The lowest BCUT2D eigenvalue weighted by molar-refractivity contribution is -0.141. The first-order valence-electron chi connectivity index (χ1n) is 21.3. The number of benzene rings is 3. The molecule has 0 saturated carbocycles.